The third-order valence-corrected chi connectivity index (χ3v) is 4.24. The summed E-state index contributed by atoms with van der Waals surface area (Å²) in [6.45, 7) is 0.379. The highest BCUT2D eigenvalue weighted by molar-refractivity contribution is 6.04. The molecule has 0 aliphatic carbocycles. The number of hydrazine groups is 1. The molecule has 0 spiro atoms. The Bertz CT molecular complexity index is 1020. The van der Waals surface area contributed by atoms with Gasteiger partial charge in [0.05, 0.1) is 0 Å². The standard InChI is InChI=1S/C12H14N8O14/c1-2-5-14-6(10(13)21)7(11(22)15-17(23)24)16(5)12-9(34-20(29)30)8(33-19(27)28)4(32-12)3-31-18(25)26/h4,8-9,12H,2-3H2,1H3,(H2,13,21)(H,15,22)/t4-,8-,9-,12-/m1/s1. The summed E-state index contributed by atoms with van der Waals surface area (Å²) in [5.41, 5.74) is 4.71. The smallest absolute Gasteiger partial charge is 0.329 e. The van der Waals surface area contributed by atoms with E-state index in [0.717, 1.165) is 0 Å². The number of nitrogens with one attached hydrogen (secondary N) is 1. The molecule has 1 aliphatic rings. The first-order chi connectivity index (χ1) is 15.9. The van der Waals surface area contributed by atoms with Gasteiger partial charge in [0, 0.05) is 6.42 Å². The number of aryl methyl sites for hydroxylation is 1. The second-order valence-corrected chi connectivity index (χ2v) is 6.18. The monoisotopic (exact) mass is 494 g/mol. The van der Waals surface area contributed by atoms with E-state index in [9.17, 15) is 50.0 Å². The summed E-state index contributed by atoms with van der Waals surface area (Å²) in [5, 5.41) is 37.9. The van der Waals surface area contributed by atoms with Gasteiger partial charge in [-0.05, 0) is 0 Å². The third-order valence-electron chi connectivity index (χ3n) is 4.24. The van der Waals surface area contributed by atoms with Gasteiger partial charge < -0.3 is 25.0 Å². The van der Waals surface area contributed by atoms with E-state index in [0.29, 0.717) is 4.57 Å². The molecule has 3 N–H and O–H groups in total. The van der Waals surface area contributed by atoms with Crippen molar-refractivity contribution >= 4 is 11.8 Å². The van der Waals surface area contributed by atoms with Gasteiger partial charge in [-0.25, -0.2) is 15.1 Å². The minimum Gasteiger partial charge on any atom is -0.364 e. The molecule has 0 bridgehead atoms. The Morgan fingerprint density at radius 3 is 2.15 bits per heavy atom. The summed E-state index contributed by atoms with van der Waals surface area (Å²) < 4.78 is 6.04. The molecule has 4 atom stereocenters. The zero-order valence-corrected chi connectivity index (χ0v) is 16.7. The predicted molar refractivity (Wildman–Crippen MR) is 95.2 cm³/mol. The molecule has 2 amide bonds. The predicted octanol–water partition coefficient (Wildman–Crippen LogP) is -2.27. The van der Waals surface area contributed by atoms with Gasteiger partial charge in [-0.2, -0.15) is 0 Å². The van der Waals surface area contributed by atoms with E-state index in [-0.39, 0.29) is 12.2 Å². The lowest BCUT2D eigenvalue weighted by molar-refractivity contribution is -0.799. The maximum Gasteiger partial charge on any atom is 0.329 e. The van der Waals surface area contributed by atoms with Gasteiger partial charge in [-0.3, -0.25) is 14.2 Å². The fraction of sp³-hybridized carbons (Fsp3) is 0.583. The van der Waals surface area contributed by atoms with Crippen molar-refractivity contribution in [1.29, 1.82) is 0 Å². The van der Waals surface area contributed by atoms with Gasteiger partial charge in [0.25, 0.3) is 21.2 Å². The second kappa shape index (κ2) is 10.2. The molecule has 2 heterocycles. The topological polar surface area (TPSA) is 299 Å². The van der Waals surface area contributed by atoms with Crippen LogP contribution in [0.2, 0.25) is 0 Å². The van der Waals surface area contributed by atoms with Crippen molar-refractivity contribution in [3.05, 3.63) is 57.7 Å². The number of rotatable bonds is 12. The number of hydrogen-bond donors (Lipinski definition) is 2. The van der Waals surface area contributed by atoms with Crippen molar-refractivity contribution in [1.82, 2.24) is 15.0 Å². The van der Waals surface area contributed by atoms with Crippen LogP contribution < -0.4 is 11.2 Å². The number of ether oxygens (including phenoxy) is 1. The summed E-state index contributed by atoms with van der Waals surface area (Å²) in [4.78, 5) is 84.3. The molecule has 0 saturated carbocycles. The van der Waals surface area contributed by atoms with Crippen LogP contribution in [0.1, 0.15) is 40.0 Å². The Balaban J connectivity index is 2.71. The lowest BCUT2D eigenvalue weighted by Crippen LogP contribution is -2.42. The summed E-state index contributed by atoms with van der Waals surface area (Å²) >= 11 is 0. The molecule has 0 aromatic carbocycles. The molecule has 1 aliphatic heterocycles. The van der Waals surface area contributed by atoms with Crippen LogP contribution in [-0.4, -0.2) is 66.6 Å². The molecule has 22 heteroatoms. The van der Waals surface area contributed by atoms with Gasteiger partial charge in [0.1, 0.15) is 24.2 Å². The molecular formula is C12H14N8O14. The number of imidazole rings is 1. The lowest BCUT2D eigenvalue weighted by Gasteiger charge is -2.23. The van der Waals surface area contributed by atoms with Crippen molar-refractivity contribution < 1.29 is 49.1 Å². The van der Waals surface area contributed by atoms with Crippen LogP contribution in [0.5, 0.6) is 0 Å². The number of primary amides is 1. The number of carbonyl (C=O) groups is 2. The van der Waals surface area contributed by atoms with Crippen molar-refractivity contribution in [3.8, 4) is 0 Å². The molecule has 1 fully saturated rings. The van der Waals surface area contributed by atoms with E-state index in [1.165, 1.54) is 12.3 Å². The number of nitrogens with two attached hydrogens (primary N) is 1. The van der Waals surface area contributed by atoms with E-state index in [4.69, 9.17) is 10.5 Å². The average molecular weight is 494 g/mol. The molecule has 186 valence electrons. The Morgan fingerprint density at radius 1 is 1.09 bits per heavy atom. The number of nitrogens with zero attached hydrogens (tertiary/aromatic N) is 6. The zero-order chi connectivity index (χ0) is 25.7. The maximum absolute atomic E-state index is 12.5. The number of amides is 2. The lowest BCUT2D eigenvalue weighted by atomic mass is 10.1. The van der Waals surface area contributed by atoms with E-state index in [2.05, 4.69) is 19.5 Å². The Morgan fingerprint density at radius 2 is 1.68 bits per heavy atom. The van der Waals surface area contributed by atoms with Crippen LogP contribution >= 0.6 is 0 Å². The van der Waals surface area contributed by atoms with Gasteiger partial charge in [0.15, 0.2) is 29.2 Å². The van der Waals surface area contributed by atoms with Gasteiger partial charge in [0.2, 0.25) is 0 Å². The Labute approximate surface area is 184 Å². The Hall–Kier alpha value is -4.89. The van der Waals surface area contributed by atoms with Crippen molar-refractivity contribution in [2.75, 3.05) is 6.61 Å². The third kappa shape index (κ3) is 5.47. The van der Waals surface area contributed by atoms with E-state index in [1.807, 2.05) is 0 Å². The fourth-order valence-corrected chi connectivity index (χ4v) is 3.15. The normalized spacial score (nSPS) is 21.3. The van der Waals surface area contributed by atoms with Crippen LogP contribution in [0, 0.1) is 40.5 Å². The molecule has 0 unspecified atom stereocenters. The average Bonchev–Trinajstić information content (AvgIpc) is 3.24. The van der Waals surface area contributed by atoms with Gasteiger partial charge >= 0.3 is 5.91 Å². The largest absolute Gasteiger partial charge is 0.364 e. The van der Waals surface area contributed by atoms with Gasteiger partial charge in [-0.1, -0.05) is 12.3 Å². The zero-order valence-electron chi connectivity index (χ0n) is 16.7. The van der Waals surface area contributed by atoms with Gasteiger partial charge in [-0.15, -0.1) is 30.3 Å². The summed E-state index contributed by atoms with van der Waals surface area (Å²) in [5.74, 6) is -3.15. The summed E-state index contributed by atoms with van der Waals surface area (Å²) in [6.07, 6.45) is -8.02. The fourth-order valence-electron chi connectivity index (χ4n) is 3.15. The van der Waals surface area contributed by atoms with Crippen LogP contribution in [0.3, 0.4) is 0 Å². The highest BCUT2D eigenvalue weighted by Gasteiger charge is 2.52. The number of carbonyl (C=O) groups excluding carboxylic acids is 2. The quantitative estimate of drug-likeness (QED) is 0.228. The summed E-state index contributed by atoms with van der Waals surface area (Å²) in [6, 6.07) is 0. The SMILES string of the molecule is CCc1nc(C(N)=O)c(C(=O)N[N+](=O)[O-])n1[C@@H]1O[C@H](CO[N+](=O)[O-])[C@@H](O[N+](=O)[O-])[C@H]1O[N+](=O)[O-]. The van der Waals surface area contributed by atoms with Crippen LogP contribution in [0.15, 0.2) is 0 Å². The molecule has 1 aromatic heterocycles. The Kier molecular flexibility index (Phi) is 7.58. The first-order valence-corrected chi connectivity index (χ1v) is 8.78. The van der Waals surface area contributed by atoms with Crippen LogP contribution in [0.25, 0.3) is 0 Å². The van der Waals surface area contributed by atoms with Crippen molar-refractivity contribution in [2.24, 2.45) is 5.73 Å². The number of aromatic nitrogens is 2. The molecule has 2 rings (SSSR count). The maximum atomic E-state index is 12.5. The highest BCUT2D eigenvalue weighted by Crippen LogP contribution is 2.36. The van der Waals surface area contributed by atoms with E-state index < -0.39 is 74.6 Å². The first kappa shape index (κ1) is 25.4. The number of nitro groups is 1. The molecule has 34 heavy (non-hydrogen) atoms. The second-order valence-electron chi connectivity index (χ2n) is 6.18. The van der Waals surface area contributed by atoms with E-state index >= 15 is 0 Å². The van der Waals surface area contributed by atoms with Crippen LogP contribution in [0.4, 0.5) is 0 Å². The highest BCUT2D eigenvalue weighted by atomic mass is 17.0. The molecule has 0 radical (unpaired) electrons. The first-order valence-electron chi connectivity index (χ1n) is 8.78. The van der Waals surface area contributed by atoms with Crippen LogP contribution in [-0.2, 0) is 25.7 Å². The number of hydrogen-bond acceptors (Lipinski definition) is 15. The summed E-state index contributed by atoms with van der Waals surface area (Å²) in [7, 11) is 0. The van der Waals surface area contributed by atoms with Crippen molar-refractivity contribution in [3.63, 3.8) is 0 Å². The minimum absolute atomic E-state index is 0.131. The molecule has 1 aromatic rings. The van der Waals surface area contributed by atoms with E-state index in [1.54, 1.807) is 0 Å². The molecular weight excluding hydrogens is 480 g/mol. The molecule has 1 saturated heterocycles. The minimum atomic E-state index is -2.11. The molecule has 22 nitrogen and oxygen atoms in total. The van der Waals surface area contributed by atoms with Crippen molar-refractivity contribution in [2.45, 2.75) is 37.9 Å².